The van der Waals surface area contributed by atoms with Crippen molar-refractivity contribution in [1.29, 1.82) is 0 Å². The molecule has 0 aliphatic heterocycles. The summed E-state index contributed by atoms with van der Waals surface area (Å²) >= 11 is 0. The van der Waals surface area contributed by atoms with Crippen LogP contribution in [0.3, 0.4) is 0 Å². The van der Waals surface area contributed by atoms with Gasteiger partial charge in [0.25, 0.3) is 0 Å². The van der Waals surface area contributed by atoms with Crippen molar-refractivity contribution < 1.29 is 19.0 Å². The van der Waals surface area contributed by atoms with Gasteiger partial charge in [-0.25, -0.2) is 4.79 Å². The van der Waals surface area contributed by atoms with Crippen molar-refractivity contribution in [3.8, 4) is 0 Å². The van der Waals surface area contributed by atoms with Crippen molar-refractivity contribution >= 4 is 6.16 Å². The molecule has 150 valence electrons. The van der Waals surface area contributed by atoms with Crippen LogP contribution < -0.4 is 5.73 Å². The summed E-state index contributed by atoms with van der Waals surface area (Å²) in [5.74, 6) is 0. The summed E-state index contributed by atoms with van der Waals surface area (Å²) < 4.78 is 17.0. The monoisotopic (exact) mass is 359 g/mol. The fraction of sp³-hybridized carbons (Fsp3) is 0.950. The highest BCUT2D eigenvalue weighted by atomic mass is 16.7. The molecule has 0 spiro atoms. The van der Waals surface area contributed by atoms with E-state index in [4.69, 9.17) is 19.9 Å². The minimum absolute atomic E-state index is 0.0238. The molecule has 0 aromatic carbocycles. The predicted molar refractivity (Wildman–Crippen MR) is 103 cm³/mol. The van der Waals surface area contributed by atoms with Gasteiger partial charge in [-0.3, -0.25) is 0 Å². The number of hydrogen-bond donors (Lipinski definition) is 1. The number of hydrogen-bond acceptors (Lipinski definition) is 5. The van der Waals surface area contributed by atoms with Crippen LogP contribution >= 0.6 is 0 Å². The second-order valence-corrected chi connectivity index (χ2v) is 10.5. The first kappa shape index (κ1) is 24.2. The highest BCUT2D eigenvalue weighted by Crippen LogP contribution is 2.33. The van der Waals surface area contributed by atoms with Gasteiger partial charge in [0.2, 0.25) is 0 Å². The van der Waals surface area contributed by atoms with Crippen molar-refractivity contribution in [2.24, 2.45) is 11.1 Å². The molecule has 0 unspecified atom stereocenters. The summed E-state index contributed by atoms with van der Waals surface area (Å²) in [6, 6.07) is 0. The minimum atomic E-state index is -0.684. The Hall–Kier alpha value is -0.810. The second kappa shape index (κ2) is 7.83. The Morgan fingerprint density at radius 3 is 1.64 bits per heavy atom. The molecule has 5 nitrogen and oxygen atoms in total. The molecule has 5 heteroatoms. The van der Waals surface area contributed by atoms with E-state index in [9.17, 15) is 4.79 Å². The first-order valence-corrected chi connectivity index (χ1v) is 9.11. The Bertz CT molecular complexity index is 440. The maximum atomic E-state index is 12.2. The third-order valence-corrected chi connectivity index (χ3v) is 4.57. The molecular weight excluding hydrogens is 318 g/mol. The molecule has 0 aromatic rings. The maximum absolute atomic E-state index is 12.2. The van der Waals surface area contributed by atoms with Gasteiger partial charge in [-0.15, -0.1) is 0 Å². The summed E-state index contributed by atoms with van der Waals surface area (Å²) in [6.07, 6.45) is 0.456. The van der Waals surface area contributed by atoms with E-state index < -0.39 is 22.9 Å². The molecule has 0 bridgehead atoms. The molecule has 0 heterocycles. The van der Waals surface area contributed by atoms with Crippen molar-refractivity contribution in [3.63, 3.8) is 0 Å². The number of nitrogens with two attached hydrogens (primary N) is 1. The molecule has 0 saturated carbocycles. The zero-order chi connectivity index (χ0) is 20.3. The van der Waals surface area contributed by atoms with E-state index in [1.165, 1.54) is 0 Å². The highest BCUT2D eigenvalue weighted by molar-refractivity contribution is 5.61. The minimum Gasteiger partial charge on any atom is -0.428 e. The number of carbonyl (C=O) groups excluding carboxylic acids is 1. The quantitative estimate of drug-likeness (QED) is 0.614. The van der Waals surface area contributed by atoms with E-state index in [1.807, 2.05) is 41.5 Å². The van der Waals surface area contributed by atoms with E-state index in [2.05, 4.69) is 34.6 Å². The summed E-state index contributed by atoms with van der Waals surface area (Å²) in [5, 5.41) is 0. The molecule has 0 fully saturated rings. The van der Waals surface area contributed by atoms with Crippen LogP contribution in [-0.2, 0) is 14.2 Å². The first-order valence-electron chi connectivity index (χ1n) is 9.11. The van der Waals surface area contributed by atoms with Crippen LogP contribution in [0.2, 0.25) is 0 Å². The smallest absolute Gasteiger partial charge is 0.428 e. The Kier molecular flexibility index (Phi) is 7.58. The molecule has 0 saturated heterocycles. The maximum Gasteiger partial charge on any atom is 0.509 e. The fourth-order valence-corrected chi connectivity index (χ4v) is 2.42. The normalized spacial score (nSPS) is 14.4. The Morgan fingerprint density at radius 2 is 1.24 bits per heavy atom. The van der Waals surface area contributed by atoms with Crippen molar-refractivity contribution in [2.45, 2.75) is 111 Å². The molecule has 25 heavy (non-hydrogen) atoms. The van der Waals surface area contributed by atoms with Crippen molar-refractivity contribution in [1.82, 2.24) is 0 Å². The fourth-order valence-electron chi connectivity index (χ4n) is 2.42. The van der Waals surface area contributed by atoms with Crippen LogP contribution in [0.4, 0.5) is 4.79 Å². The van der Waals surface area contributed by atoms with E-state index in [1.54, 1.807) is 0 Å². The molecule has 2 N–H and O–H groups in total. The highest BCUT2D eigenvalue weighted by Gasteiger charge is 2.35. The van der Waals surface area contributed by atoms with E-state index >= 15 is 0 Å². The zero-order valence-electron chi connectivity index (χ0n) is 18.3. The summed E-state index contributed by atoms with van der Waals surface area (Å²) in [5.41, 5.74) is 4.00. The van der Waals surface area contributed by atoms with Crippen molar-refractivity contribution in [3.05, 3.63) is 0 Å². The lowest BCUT2D eigenvalue weighted by molar-refractivity contribution is -0.113. The second-order valence-electron chi connectivity index (χ2n) is 10.5. The lowest BCUT2D eigenvalue weighted by Gasteiger charge is -2.39. The Labute approximate surface area is 155 Å². The third-order valence-electron chi connectivity index (χ3n) is 4.57. The molecule has 0 aliphatic carbocycles. The molecular formula is C20H41NO4. The van der Waals surface area contributed by atoms with Gasteiger partial charge >= 0.3 is 6.16 Å². The van der Waals surface area contributed by atoms with Crippen LogP contribution in [0, 0.1) is 5.41 Å². The van der Waals surface area contributed by atoms with Gasteiger partial charge in [-0.05, 0) is 60.8 Å². The molecule has 0 rings (SSSR count). The van der Waals surface area contributed by atoms with Gasteiger partial charge < -0.3 is 19.9 Å². The van der Waals surface area contributed by atoms with Gasteiger partial charge in [-0.1, -0.05) is 20.8 Å². The topological polar surface area (TPSA) is 70.8 Å². The number of ether oxygens (including phenoxy) is 3. The standard InChI is InChI=1S/C20H41NO4/c1-16(2,3)20(10,11)23-13-12-18(6,7)24-15(22)25-19(8,9)14-17(4,5)21/h12-14,21H2,1-11H3. The van der Waals surface area contributed by atoms with Crippen molar-refractivity contribution in [2.75, 3.05) is 6.61 Å². The van der Waals surface area contributed by atoms with E-state index in [0.717, 1.165) is 0 Å². The van der Waals surface area contributed by atoms with Crippen LogP contribution in [0.25, 0.3) is 0 Å². The Balaban J connectivity index is 4.55. The van der Waals surface area contributed by atoms with E-state index in [0.29, 0.717) is 19.4 Å². The van der Waals surface area contributed by atoms with Gasteiger partial charge in [0, 0.05) is 18.4 Å². The van der Waals surface area contributed by atoms with Crippen LogP contribution in [0.5, 0.6) is 0 Å². The van der Waals surface area contributed by atoms with Crippen LogP contribution in [-0.4, -0.2) is 35.1 Å². The third kappa shape index (κ3) is 10.0. The van der Waals surface area contributed by atoms with Gasteiger partial charge in [0.05, 0.1) is 12.2 Å². The van der Waals surface area contributed by atoms with Gasteiger partial charge in [-0.2, -0.15) is 0 Å². The summed E-state index contributed by atoms with van der Waals surface area (Å²) in [7, 11) is 0. The predicted octanol–water partition coefficient (Wildman–Crippen LogP) is 5.06. The molecule has 0 atom stereocenters. The van der Waals surface area contributed by atoms with Crippen LogP contribution in [0.15, 0.2) is 0 Å². The lowest BCUT2D eigenvalue weighted by atomic mass is 9.79. The molecule has 0 amide bonds. The molecule has 0 radical (unpaired) electrons. The average Bonchev–Trinajstić information content (AvgIpc) is 2.19. The molecule has 0 aliphatic rings. The first-order chi connectivity index (χ1) is 10.8. The molecule has 0 aromatic heterocycles. The summed E-state index contributed by atoms with van der Waals surface area (Å²) in [6.45, 7) is 22.3. The largest absolute Gasteiger partial charge is 0.509 e. The Morgan fingerprint density at radius 1 is 0.800 bits per heavy atom. The number of carbonyl (C=O) groups is 1. The zero-order valence-corrected chi connectivity index (χ0v) is 18.3. The summed E-state index contributed by atoms with van der Waals surface area (Å²) in [4.78, 5) is 12.2. The lowest BCUT2D eigenvalue weighted by Crippen LogP contribution is -2.44. The van der Waals surface area contributed by atoms with Crippen LogP contribution in [0.1, 0.15) is 89.0 Å². The SMILES string of the molecule is CC(C)(N)CC(C)(C)OC(=O)OC(C)(C)CCOC(C)(C)C(C)(C)C. The van der Waals surface area contributed by atoms with Gasteiger partial charge in [0.1, 0.15) is 11.2 Å². The van der Waals surface area contributed by atoms with E-state index in [-0.39, 0.29) is 11.0 Å². The number of rotatable bonds is 8. The average molecular weight is 360 g/mol. The van der Waals surface area contributed by atoms with Gasteiger partial charge in [0.15, 0.2) is 0 Å².